The fourth-order valence-electron chi connectivity index (χ4n) is 1.89. The van der Waals surface area contributed by atoms with Crippen molar-refractivity contribution in [2.75, 3.05) is 6.54 Å². The molecule has 1 unspecified atom stereocenters. The van der Waals surface area contributed by atoms with Crippen LogP contribution in [0.2, 0.25) is 0 Å². The highest BCUT2D eigenvalue weighted by atomic mass is 79.9. The van der Waals surface area contributed by atoms with Crippen LogP contribution in [0.1, 0.15) is 37.4 Å². The Morgan fingerprint density at radius 3 is 2.75 bits per heavy atom. The zero-order chi connectivity index (χ0) is 12.1. The van der Waals surface area contributed by atoms with Gasteiger partial charge >= 0.3 is 0 Å². The molecule has 0 aromatic heterocycles. The summed E-state index contributed by atoms with van der Waals surface area (Å²) in [6.07, 6.45) is 0.991. The molecule has 88 valence electrons. The Kier molecular flexibility index (Phi) is 5.23. The molecule has 0 aliphatic rings. The second-order valence-corrected chi connectivity index (χ2v) is 5.08. The minimum Gasteiger partial charge on any atom is -0.310 e. The lowest BCUT2D eigenvalue weighted by molar-refractivity contribution is 0.545. The van der Waals surface area contributed by atoms with Crippen molar-refractivity contribution in [3.05, 3.63) is 46.0 Å². The number of nitrogens with one attached hydrogen (secondary N) is 1. The molecular formula is C14H20BrN. The molecule has 1 aromatic rings. The predicted molar refractivity (Wildman–Crippen MR) is 74.7 cm³/mol. The standard InChI is InChI=1S/C14H20BrN/c1-5-16-14(9-10(2)3)12-7-6-8-13(15)11(12)4/h6-8,14,16H,2,5,9H2,1,3-4H3. The van der Waals surface area contributed by atoms with E-state index in [0.717, 1.165) is 13.0 Å². The van der Waals surface area contributed by atoms with Gasteiger partial charge in [-0.2, -0.15) is 0 Å². The van der Waals surface area contributed by atoms with Crippen molar-refractivity contribution in [3.8, 4) is 0 Å². The topological polar surface area (TPSA) is 12.0 Å². The lowest BCUT2D eigenvalue weighted by atomic mass is 9.96. The molecule has 0 spiro atoms. The third-order valence-corrected chi connectivity index (χ3v) is 3.55. The quantitative estimate of drug-likeness (QED) is 0.790. The summed E-state index contributed by atoms with van der Waals surface area (Å²) in [6.45, 7) is 11.4. The molecule has 0 amide bonds. The summed E-state index contributed by atoms with van der Waals surface area (Å²) in [5.41, 5.74) is 3.89. The van der Waals surface area contributed by atoms with Crippen LogP contribution >= 0.6 is 15.9 Å². The largest absolute Gasteiger partial charge is 0.310 e. The van der Waals surface area contributed by atoms with Crippen molar-refractivity contribution in [2.45, 2.75) is 33.2 Å². The Balaban J connectivity index is 3.00. The zero-order valence-electron chi connectivity index (χ0n) is 10.3. The molecule has 1 N–H and O–H groups in total. The Morgan fingerprint density at radius 2 is 2.19 bits per heavy atom. The van der Waals surface area contributed by atoms with Gasteiger partial charge in [0.15, 0.2) is 0 Å². The predicted octanol–water partition coefficient (Wildman–Crippen LogP) is 4.37. The summed E-state index contributed by atoms with van der Waals surface area (Å²) < 4.78 is 1.18. The average molecular weight is 282 g/mol. The summed E-state index contributed by atoms with van der Waals surface area (Å²) in [6, 6.07) is 6.74. The SMILES string of the molecule is C=C(C)CC(NCC)c1cccc(Br)c1C. The molecule has 0 heterocycles. The Morgan fingerprint density at radius 1 is 1.50 bits per heavy atom. The van der Waals surface area contributed by atoms with Gasteiger partial charge in [0.25, 0.3) is 0 Å². The van der Waals surface area contributed by atoms with E-state index in [2.05, 4.69) is 66.8 Å². The second kappa shape index (κ2) is 6.21. The van der Waals surface area contributed by atoms with Crippen LogP contribution in [-0.2, 0) is 0 Å². The normalized spacial score (nSPS) is 12.5. The first-order chi connectivity index (χ1) is 7.56. The number of hydrogen-bond donors (Lipinski definition) is 1. The smallest absolute Gasteiger partial charge is 0.0360 e. The lowest BCUT2D eigenvalue weighted by Crippen LogP contribution is -2.22. The van der Waals surface area contributed by atoms with Crippen LogP contribution in [0.15, 0.2) is 34.8 Å². The zero-order valence-corrected chi connectivity index (χ0v) is 11.9. The molecular weight excluding hydrogens is 262 g/mol. The van der Waals surface area contributed by atoms with Gasteiger partial charge in [-0.1, -0.05) is 40.6 Å². The van der Waals surface area contributed by atoms with Gasteiger partial charge < -0.3 is 5.32 Å². The van der Waals surface area contributed by atoms with Crippen molar-refractivity contribution < 1.29 is 0 Å². The maximum absolute atomic E-state index is 4.00. The van der Waals surface area contributed by atoms with Gasteiger partial charge in [-0.3, -0.25) is 0 Å². The van der Waals surface area contributed by atoms with Gasteiger partial charge in [-0.25, -0.2) is 0 Å². The number of halogens is 1. The highest BCUT2D eigenvalue weighted by Gasteiger charge is 2.13. The third-order valence-electron chi connectivity index (χ3n) is 2.69. The number of hydrogen-bond acceptors (Lipinski definition) is 1. The molecule has 0 saturated carbocycles. The first-order valence-corrected chi connectivity index (χ1v) is 6.48. The Labute approximate surface area is 107 Å². The van der Waals surface area contributed by atoms with Gasteiger partial charge in [0.2, 0.25) is 0 Å². The van der Waals surface area contributed by atoms with Crippen molar-refractivity contribution in [1.29, 1.82) is 0 Å². The molecule has 0 fully saturated rings. The molecule has 0 aliphatic heterocycles. The van der Waals surface area contributed by atoms with Crippen molar-refractivity contribution in [1.82, 2.24) is 5.32 Å². The van der Waals surface area contributed by atoms with E-state index in [-0.39, 0.29) is 0 Å². The van der Waals surface area contributed by atoms with Gasteiger partial charge in [0.1, 0.15) is 0 Å². The molecule has 2 heteroatoms. The minimum atomic E-state index is 0.375. The van der Waals surface area contributed by atoms with Crippen molar-refractivity contribution >= 4 is 15.9 Å². The first-order valence-electron chi connectivity index (χ1n) is 5.69. The van der Waals surface area contributed by atoms with Crippen molar-refractivity contribution in [3.63, 3.8) is 0 Å². The molecule has 1 rings (SSSR count). The van der Waals surface area contributed by atoms with E-state index in [9.17, 15) is 0 Å². The van der Waals surface area contributed by atoms with E-state index in [1.165, 1.54) is 21.2 Å². The Bertz CT molecular complexity index is 371. The van der Waals surface area contributed by atoms with Crippen LogP contribution in [0.25, 0.3) is 0 Å². The van der Waals surface area contributed by atoms with Crippen molar-refractivity contribution in [2.24, 2.45) is 0 Å². The summed E-state index contributed by atoms with van der Waals surface area (Å²) in [4.78, 5) is 0. The highest BCUT2D eigenvalue weighted by Crippen LogP contribution is 2.27. The molecule has 0 radical (unpaired) electrons. The number of rotatable bonds is 5. The summed E-state index contributed by atoms with van der Waals surface area (Å²) in [7, 11) is 0. The minimum absolute atomic E-state index is 0.375. The van der Waals surface area contributed by atoms with Crippen LogP contribution in [-0.4, -0.2) is 6.54 Å². The fourth-order valence-corrected chi connectivity index (χ4v) is 2.27. The van der Waals surface area contributed by atoms with Crippen LogP contribution in [0.4, 0.5) is 0 Å². The molecule has 0 saturated heterocycles. The van der Waals surface area contributed by atoms with Gasteiger partial charge in [-0.15, -0.1) is 6.58 Å². The van der Waals surface area contributed by atoms with Crippen LogP contribution in [0.5, 0.6) is 0 Å². The van der Waals surface area contributed by atoms with Gasteiger partial charge in [-0.05, 0) is 44.0 Å². The van der Waals surface area contributed by atoms with Crippen LogP contribution < -0.4 is 5.32 Å². The summed E-state index contributed by atoms with van der Waals surface area (Å²) in [5, 5.41) is 3.52. The van der Waals surface area contributed by atoms with E-state index in [1.54, 1.807) is 0 Å². The van der Waals surface area contributed by atoms with Crippen LogP contribution in [0.3, 0.4) is 0 Å². The van der Waals surface area contributed by atoms with Gasteiger partial charge in [0.05, 0.1) is 0 Å². The second-order valence-electron chi connectivity index (χ2n) is 4.23. The molecule has 1 aromatic carbocycles. The molecule has 0 aliphatic carbocycles. The first kappa shape index (κ1) is 13.5. The van der Waals surface area contributed by atoms with E-state index in [1.807, 2.05) is 0 Å². The van der Waals surface area contributed by atoms with E-state index < -0.39 is 0 Å². The highest BCUT2D eigenvalue weighted by molar-refractivity contribution is 9.10. The average Bonchev–Trinajstić information content (AvgIpc) is 2.21. The van der Waals surface area contributed by atoms with E-state index in [0.29, 0.717) is 6.04 Å². The van der Waals surface area contributed by atoms with E-state index >= 15 is 0 Å². The van der Waals surface area contributed by atoms with E-state index in [4.69, 9.17) is 0 Å². The summed E-state index contributed by atoms with van der Waals surface area (Å²) in [5.74, 6) is 0. The third kappa shape index (κ3) is 3.46. The lowest BCUT2D eigenvalue weighted by Gasteiger charge is -2.21. The van der Waals surface area contributed by atoms with Gasteiger partial charge in [0, 0.05) is 10.5 Å². The summed E-state index contributed by atoms with van der Waals surface area (Å²) >= 11 is 3.58. The molecule has 1 atom stereocenters. The fraction of sp³-hybridized carbons (Fsp3) is 0.429. The monoisotopic (exact) mass is 281 g/mol. The van der Waals surface area contributed by atoms with Crippen LogP contribution in [0, 0.1) is 6.92 Å². The molecule has 0 bridgehead atoms. The maximum atomic E-state index is 4.00. The molecule has 1 nitrogen and oxygen atoms in total. The Hall–Kier alpha value is -0.600. The molecule has 16 heavy (non-hydrogen) atoms. The maximum Gasteiger partial charge on any atom is 0.0360 e. The number of benzene rings is 1.